The Hall–Kier alpha value is -1.63. The van der Waals surface area contributed by atoms with Gasteiger partial charge in [-0.15, -0.1) is 0 Å². The Morgan fingerprint density at radius 2 is 2.25 bits per heavy atom. The van der Waals surface area contributed by atoms with Crippen molar-refractivity contribution in [3.05, 3.63) is 29.1 Å². The highest BCUT2D eigenvalue weighted by atomic mass is 19.4. The Labute approximate surface area is 114 Å². The summed E-state index contributed by atoms with van der Waals surface area (Å²) in [5.74, 6) is -0.141. The van der Waals surface area contributed by atoms with E-state index in [1.165, 1.54) is 6.92 Å². The van der Waals surface area contributed by atoms with E-state index in [1.807, 2.05) is 0 Å². The first-order valence-electron chi connectivity index (χ1n) is 6.28. The number of alkyl halides is 3. The van der Waals surface area contributed by atoms with Crippen molar-refractivity contribution in [1.82, 2.24) is 10.3 Å². The molecule has 1 aliphatic rings. The smallest absolute Gasteiger partial charge is 0.381 e. The van der Waals surface area contributed by atoms with Crippen LogP contribution in [0.1, 0.15) is 28.2 Å². The Bertz CT molecular complexity index is 497. The third-order valence-corrected chi connectivity index (χ3v) is 3.20. The fourth-order valence-electron chi connectivity index (χ4n) is 2.04. The van der Waals surface area contributed by atoms with Gasteiger partial charge in [-0.05, 0) is 25.5 Å². The van der Waals surface area contributed by atoms with E-state index in [4.69, 9.17) is 4.74 Å². The molecule has 0 spiro atoms. The first kappa shape index (κ1) is 14.8. The fourth-order valence-corrected chi connectivity index (χ4v) is 2.04. The normalized spacial score (nSPS) is 19.1. The number of rotatable bonds is 3. The monoisotopic (exact) mass is 288 g/mol. The van der Waals surface area contributed by atoms with Crippen molar-refractivity contribution in [2.45, 2.75) is 19.5 Å². The molecule has 110 valence electrons. The zero-order valence-electron chi connectivity index (χ0n) is 11.0. The lowest BCUT2D eigenvalue weighted by atomic mass is 10.1. The number of aryl methyl sites for hydroxylation is 1. The maximum atomic E-state index is 12.5. The first-order valence-corrected chi connectivity index (χ1v) is 6.28. The number of ether oxygens (including phenoxy) is 1. The van der Waals surface area contributed by atoms with Crippen molar-refractivity contribution < 1.29 is 22.7 Å². The molecule has 1 saturated heterocycles. The van der Waals surface area contributed by atoms with E-state index in [1.54, 1.807) is 0 Å². The first-order chi connectivity index (χ1) is 9.38. The molecule has 1 aliphatic heterocycles. The molecule has 0 bridgehead atoms. The predicted molar refractivity (Wildman–Crippen MR) is 65.2 cm³/mol. The lowest BCUT2D eigenvalue weighted by Crippen LogP contribution is -2.30. The number of hydrogen-bond acceptors (Lipinski definition) is 3. The molecule has 7 heteroatoms. The van der Waals surface area contributed by atoms with Crippen LogP contribution in [0, 0.1) is 12.8 Å². The van der Waals surface area contributed by atoms with Gasteiger partial charge < -0.3 is 10.1 Å². The molecule has 2 heterocycles. The van der Waals surface area contributed by atoms with Gasteiger partial charge in [0.15, 0.2) is 0 Å². The molecule has 0 radical (unpaired) electrons. The van der Waals surface area contributed by atoms with Gasteiger partial charge in [0.05, 0.1) is 17.9 Å². The molecule has 0 saturated carbocycles. The number of nitrogens with zero attached hydrogens (tertiary/aromatic N) is 1. The van der Waals surface area contributed by atoms with Gasteiger partial charge in [-0.25, -0.2) is 4.98 Å². The molecule has 0 aromatic carbocycles. The predicted octanol–water partition coefficient (Wildman–Crippen LogP) is 2.18. The van der Waals surface area contributed by atoms with E-state index in [0.717, 1.165) is 18.6 Å². The minimum absolute atomic E-state index is 0.0694. The van der Waals surface area contributed by atoms with E-state index in [0.29, 0.717) is 19.8 Å². The summed E-state index contributed by atoms with van der Waals surface area (Å²) in [7, 11) is 0. The summed E-state index contributed by atoms with van der Waals surface area (Å²) in [5, 5.41) is 2.70. The lowest BCUT2D eigenvalue weighted by Gasteiger charge is -2.12. The number of hydrogen-bond donors (Lipinski definition) is 1. The van der Waals surface area contributed by atoms with E-state index in [2.05, 4.69) is 10.3 Å². The van der Waals surface area contributed by atoms with Crippen LogP contribution in [0.25, 0.3) is 0 Å². The molecule has 1 amide bonds. The highest BCUT2D eigenvalue weighted by molar-refractivity contribution is 5.95. The highest BCUT2D eigenvalue weighted by Crippen LogP contribution is 2.28. The maximum absolute atomic E-state index is 12.5. The summed E-state index contributed by atoms with van der Waals surface area (Å²) < 4.78 is 42.6. The van der Waals surface area contributed by atoms with Gasteiger partial charge in [-0.3, -0.25) is 4.79 Å². The highest BCUT2D eigenvalue weighted by Gasteiger charge is 2.33. The minimum Gasteiger partial charge on any atom is -0.381 e. The van der Waals surface area contributed by atoms with Crippen LogP contribution < -0.4 is 5.32 Å². The van der Waals surface area contributed by atoms with Crippen LogP contribution >= 0.6 is 0 Å². The SMILES string of the molecule is Cc1nc(C(F)(F)F)ccc1C(=O)NCC1CCOC1. The number of nitrogens with one attached hydrogen (secondary N) is 1. The summed E-state index contributed by atoms with van der Waals surface area (Å²) in [4.78, 5) is 15.3. The summed E-state index contributed by atoms with van der Waals surface area (Å²) in [5.41, 5.74) is -0.757. The van der Waals surface area contributed by atoms with Gasteiger partial charge in [0.25, 0.3) is 5.91 Å². The fraction of sp³-hybridized carbons (Fsp3) is 0.538. The van der Waals surface area contributed by atoms with Crippen molar-refractivity contribution in [2.75, 3.05) is 19.8 Å². The second kappa shape index (κ2) is 5.78. The number of pyridine rings is 1. The molecule has 1 fully saturated rings. The van der Waals surface area contributed by atoms with Crippen molar-refractivity contribution in [2.24, 2.45) is 5.92 Å². The molecule has 1 atom stereocenters. The van der Waals surface area contributed by atoms with E-state index >= 15 is 0 Å². The molecule has 2 rings (SSSR count). The second-order valence-corrected chi connectivity index (χ2v) is 4.77. The summed E-state index contributed by atoms with van der Waals surface area (Å²) in [6, 6.07) is 1.98. The average Bonchev–Trinajstić information content (AvgIpc) is 2.87. The van der Waals surface area contributed by atoms with Gasteiger partial charge in [-0.2, -0.15) is 13.2 Å². The molecule has 1 N–H and O–H groups in total. The van der Waals surface area contributed by atoms with Gasteiger partial charge in [-0.1, -0.05) is 0 Å². The lowest BCUT2D eigenvalue weighted by molar-refractivity contribution is -0.141. The number of aromatic nitrogens is 1. The Kier molecular flexibility index (Phi) is 4.27. The van der Waals surface area contributed by atoms with Crippen molar-refractivity contribution in [3.8, 4) is 0 Å². The van der Waals surface area contributed by atoms with Crippen LogP contribution in [-0.2, 0) is 10.9 Å². The van der Waals surface area contributed by atoms with Crippen LogP contribution in [-0.4, -0.2) is 30.6 Å². The molecule has 1 aromatic rings. The molecular weight excluding hydrogens is 273 g/mol. The minimum atomic E-state index is -4.50. The van der Waals surface area contributed by atoms with E-state index in [-0.39, 0.29) is 17.2 Å². The van der Waals surface area contributed by atoms with Crippen LogP contribution in [0.5, 0.6) is 0 Å². The molecule has 4 nitrogen and oxygen atoms in total. The molecule has 1 aromatic heterocycles. The Morgan fingerprint density at radius 3 is 2.80 bits per heavy atom. The number of amides is 1. The third-order valence-electron chi connectivity index (χ3n) is 3.20. The van der Waals surface area contributed by atoms with Crippen LogP contribution in [0.15, 0.2) is 12.1 Å². The zero-order valence-corrected chi connectivity index (χ0v) is 11.0. The number of halogens is 3. The van der Waals surface area contributed by atoms with Crippen molar-refractivity contribution >= 4 is 5.91 Å². The second-order valence-electron chi connectivity index (χ2n) is 4.77. The number of carbonyl (C=O) groups is 1. The van der Waals surface area contributed by atoms with Gasteiger partial charge in [0, 0.05) is 19.1 Å². The largest absolute Gasteiger partial charge is 0.433 e. The quantitative estimate of drug-likeness (QED) is 0.927. The van der Waals surface area contributed by atoms with Crippen LogP contribution in [0.2, 0.25) is 0 Å². The zero-order chi connectivity index (χ0) is 14.8. The molecule has 1 unspecified atom stereocenters. The van der Waals surface area contributed by atoms with E-state index in [9.17, 15) is 18.0 Å². The van der Waals surface area contributed by atoms with Gasteiger partial charge in [0.1, 0.15) is 5.69 Å². The van der Waals surface area contributed by atoms with Crippen molar-refractivity contribution in [3.63, 3.8) is 0 Å². The topological polar surface area (TPSA) is 51.2 Å². The Morgan fingerprint density at radius 1 is 1.50 bits per heavy atom. The van der Waals surface area contributed by atoms with Gasteiger partial charge in [0.2, 0.25) is 0 Å². The maximum Gasteiger partial charge on any atom is 0.433 e. The van der Waals surface area contributed by atoms with E-state index < -0.39 is 17.8 Å². The average molecular weight is 288 g/mol. The molecule has 20 heavy (non-hydrogen) atoms. The van der Waals surface area contributed by atoms with Crippen LogP contribution in [0.4, 0.5) is 13.2 Å². The molecular formula is C13H15F3N2O2. The molecule has 0 aliphatic carbocycles. The summed E-state index contributed by atoms with van der Waals surface area (Å²) in [6.07, 6.45) is -3.62. The summed E-state index contributed by atoms with van der Waals surface area (Å²) >= 11 is 0. The Balaban J connectivity index is 2.02. The van der Waals surface area contributed by atoms with Crippen LogP contribution in [0.3, 0.4) is 0 Å². The summed E-state index contributed by atoms with van der Waals surface area (Å²) in [6.45, 7) is 3.13. The standard InChI is InChI=1S/C13H15F3N2O2/c1-8-10(2-3-11(18-8)13(14,15)16)12(19)17-6-9-4-5-20-7-9/h2-3,9H,4-7H2,1H3,(H,17,19). The number of carbonyl (C=O) groups excluding carboxylic acids is 1. The van der Waals surface area contributed by atoms with Crippen molar-refractivity contribution in [1.29, 1.82) is 0 Å². The third kappa shape index (κ3) is 3.47. The van der Waals surface area contributed by atoms with Gasteiger partial charge >= 0.3 is 6.18 Å².